The van der Waals surface area contributed by atoms with E-state index in [0.717, 1.165) is 0 Å². The molecule has 0 bridgehead atoms. The van der Waals surface area contributed by atoms with E-state index in [2.05, 4.69) is 0 Å². The molecule has 6 heteroatoms. The third kappa shape index (κ3) is 3.96. The van der Waals surface area contributed by atoms with Crippen molar-refractivity contribution >= 4 is 17.8 Å². The van der Waals surface area contributed by atoms with Gasteiger partial charge in [0.1, 0.15) is 12.2 Å². The number of amides is 2. The van der Waals surface area contributed by atoms with Crippen LogP contribution in [0.3, 0.4) is 0 Å². The van der Waals surface area contributed by atoms with Gasteiger partial charge in [-0.05, 0) is 39.8 Å². The van der Waals surface area contributed by atoms with Crippen LogP contribution in [0.1, 0.15) is 48.4 Å². The highest BCUT2D eigenvalue weighted by atomic mass is 16.6. The molecule has 0 aliphatic carbocycles. The van der Waals surface area contributed by atoms with E-state index >= 15 is 0 Å². The van der Waals surface area contributed by atoms with Gasteiger partial charge in [-0.2, -0.15) is 0 Å². The minimum Gasteiger partial charge on any atom is -0.458 e. The van der Waals surface area contributed by atoms with Gasteiger partial charge in [-0.1, -0.05) is 12.1 Å². The van der Waals surface area contributed by atoms with Crippen molar-refractivity contribution in [1.82, 2.24) is 4.90 Å². The van der Waals surface area contributed by atoms with Crippen LogP contribution in [-0.2, 0) is 14.3 Å². The average Bonchev–Trinajstić information content (AvgIpc) is 2.69. The standard InChI is InChI=1S/C17H21NO5/c1-11(9-22-10-14(19)23-17(2,3)4)18-15(20)12-7-5-6-8-13(12)16(18)21/h5-8,11H,9-10H2,1-4H3. The maximum absolute atomic E-state index is 12.3. The molecule has 6 nitrogen and oxygen atoms in total. The maximum Gasteiger partial charge on any atom is 0.332 e. The molecule has 1 aromatic carbocycles. The van der Waals surface area contributed by atoms with Gasteiger partial charge < -0.3 is 9.47 Å². The van der Waals surface area contributed by atoms with E-state index in [1.165, 1.54) is 4.90 Å². The summed E-state index contributed by atoms with van der Waals surface area (Å²) in [6.07, 6.45) is 0. The summed E-state index contributed by atoms with van der Waals surface area (Å²) >= 11 is 0. The highest BCUT2D eigenvalue weighted by Gasteiger charge is 2.38. The number of nitrogens with zero attached hydrogens (tertiary/aromatic N) is 1. The zero-order chi connectivity index (χ0) is 17.2. The molecular formula is C17H21NO5. The number of carbonyl (C=O) groups is 3. The van der Waals surface area contributed by atoms with Crippen LogP contribution in [0.4, 0.5) is 0 Å². The van der Waals surface area contributed by atoms with E-state index in [1.807, 2.05) is 0 Å². The Morgan fingerprint density at radius 1 is 1.13 bits per heavy atom. The zero-order valence-corrected chi connectivity index (χ0v) is 13.8. The van der Waals surface area contributed by atoms with Crippen molar-refractivity contribution in [2.24, 2.45) is 0 Å². The quantitative estimate of drug-likeness (QED) is 0.613. The Balaban J connectivity index is 1.90. The fourth-order valence-electron chi connectivity index (χ4n) is 2.37. The number of benzene rings is 1. The zero-order valence-electron chi connectivity index (χ0n) is 13.8. The largest absolute Gasteiger partial charge is 0.458 e. The lowest BCUT2D eigenvalue weighted by molar-refractivity contribution is -0.160. The topological polar surface area (TPSA) is 72.9 Å². The second-order valence-electron chi connectivity index (χ2n) is 6.48. The fraction of sp³-hybridized carbons (Fsp3) is 0.471. The van der Waals surface area contributed by atoms with Crippen molar-refractivity contribution in [2.45, 2.75) is 39.3 Å². The monoisotopic (exact) mass is 319 g/mol. The first-order chi connectivity index (χ1) is 10.7. The van der Waals surface area contributed by atoms with Crippen LogP contribution in [0, 0.1) is 0 Å². The first-order valence-corrected chi connectivity index (χ1v) is 7.47. The van der Waals surface area contributed by atoms with Crippen molar-refractivity contribution in [2.75, 3.05) is 13.2 Å². The minimum atomic E-state index is -0.575. The lowest BCUT2D eigenvalue weighted by atomic mass is 10.1. The van der Waals surface area contributed by atoms with E-state index in [0.29, 0.717) is 11.1 Å². The normalized spacial score (nSPS) is 15.6. The Morgan fingerprint density at radius 2 is 1.65 bits per heavy atom. The molecule has 0 N–H and O–H groups in total. The second kappa shape index (κ2) is 6.50. The second-order valence-corrected chi connectivity index (χ2v) is 6.48. The number of rotatable bonds is 5. The maximum atomic E-state index is 12.3. The van der Waals surface area contributed by atoms with Crippen LogP contribution >= 0.6 is 0 Å². The van der Waals surface area contributed by atoms with Gasteiger partial charge in [0.2, 0.25) is 0 Å². The van der Waals surface area contributed by atoms with E-state index < -0.39 is 17.6 Å². The van der Waals surface area contributed by atoms with E-state index in [-0.39, 0.29) is 25.0 Å². The number of imide groups is 1. The molecule has 2 amide bonds. The van der Waals surface area contributed by atoms with Crippen molar-refractivity contribution in [3.8, 4) is 0 Å². The summed E-state index contributed by atoms with van der Waals surface area (Å²) in [5.74, 6) is -1.15. The Morgan fingerprint density at radius 3 is 2.13 bits per heavy atom. The smallest absolute Gasteiger partial charge is 0.332 e. The van der Waals surface area contributed by atoms with Crippen molar-refractivity contribution in [3.05, 3.63) is 35.4 Å². The van der Waals surface area contributed by atoms with E-state index in [9.17, 15) is 14.4 Å². The van der Waals surface area contributed by atoms with Gasteiger partial charge in [0.05, 0.1) is 23.8 Å². The van der Waals surface area contributed by atoms with Gasteiger partial charge in [-0.3, -0.25) is 14.5 Å². The van der Waals surface area contributed by atoms with Crippen LogP contribution in [0.25, 0.3) is 0 Å². The molecule has 0 fully saturated rings. The molecule has 1 unspecified atom stereocenters. The summed E-state index contributed by atoms with van der Waals surface area (Å²) in [5, 5.41) is 0. The van der Waals surface area contributed by atoms with Crippen molar-refractivity contribution in [3.63, 3.8) is 0 Å². The molecule has 1 aliphatic rings. The number of hydrogen-bond donors (Lipinski definition) is 0. The van der Waals surface area contributed by atoms with Crippen LogP contribution in [0.5, 0.6) is 0 Å². The first kappa shape index (κ1) is 17.1. The molecule has 23 heavy (non-hydrogen) atoms. The molecule has 1 heterocycles. The molecule has 0 aromatic heterocycles. The molecule has 2 rings (SSSR count). The van der Waals surface area contributed by atoms with Crippen molar-refractivity contribution in [1.29, 1.82) is 0 Å². The molecule has 124 valence electrons. The number of esters is 1. The summed E-state index contributed by atoms with van der Waals surface area (Å²) < 4.78 is 10.4. The summed E-state index contributed by atoms with van der Waals surface area (Å²) in [6, 6.07) is 6.23. The van der Waals surface area contributed by atoms with Crippen LogP contribution in [0.15, 0.2) is 24.3 Å². The molecular weight excluding hydrogens is 298 g/mol. The predicted octanol–water partition coefficient (Wildman–Crippen LogP) is 2.03. The first-order valence-electron chi connectivity index (χ1n) is 7.47. The number of fused-ring (bicyclic) bond motifs is 1. The highest BCUT2D eigenvalue weighted by molar-refractivity contribution is 6.21. The molecule has 1 atom stereocenters. The Bertz CT molecular complexity index is 597. The lowest BCUT2D eigenvalue weighted by Gasteiger charge is -2.23. The van der Waals surface area contributed by atoms with Crippen LogP contribution in [-0.4, -0.2) is 47.5 Å². The third-order valence-electron chi connectivity index (χ3n) is 3.27. The van der Waals surface area contributed by atoms with E-state index in [4.69, 9.17) is 9.47 Å². The van der Waals surface area contributed by atoms with Gasteiger partial charge in [-0.25, -0.2) is 4.79 Å². The molecule has 1 aliphatic heterocycles. The molecule has 0 saturated heterocycles. The highest BCUT2D eigenvalue weighted by Crippen LogP contribution is 2.24. The fourth-order valence-corrected chi connectivity index (χ4v) is 2.37. The molecule has 0 radical (unpaired) electrons. The van der Waals surface area contributed by atoms with Gasteiger partial charge >= 0.3 is 5.97 Å². The average molecular weight is 319 g/mol. The summed E-state index contributed by atoms with van der Waals surface area (Å²) in [5.41, 5.74) is 0.224. The summed E-state index contributed by atoms with van der Waals surface area (Å²) in [6.45, 7) is 6.87. The number of ether oxygens (including phenoxy) is 2. The van der Waals surface area contributed by atoms with Gasteiger partial charge in [0.15, 0.2) is 0 Å². The van der Waals surface area contributed by atoms with Gasteiger partial charge in [-0.15, -0.1) is 0 Å². The Hall–Kier alpha value is -2.21. The number of carbonyl (C=O) groups excluding carboxylic acids is 3. The Labute approximate surface area is 135 Å². The SMILES string of the molecule is CC(COCC(=O)OC(C)(C)C)N1C(=O)c2ccccc2C1=O. The summed E-state index contributed by atoms with van der Waals surface area (Å²) in [7, 11) is 0. The molecule has 1 aromatic rings. The predicted molar refractivity (Wildman–Crippen MR) is 83.1 cm³/mol. The minimum absolute atomic E-state index is 0.0741. The molecule has 0 spiro atoms. The lowest BCUT2D eigenvalue weighted by Crippen LogP contribution is -2.41. The third-order valence-corrected chi connectivity index (χ3v) is 3.27. The Kier molecular flexibility index (Phi) is 4.85. The van der Waals surface area contributed by atoms with Gasteiger partial charge in [0.25, 0.3) is 11.8 Å². The summed E-state index contributed by atoms with van der Waals surface area (Å²) in [4.78, 5) is 37.3. The molecule has 0 saturated carbocycles. The van der Waals surface area contributed by atoms with E-state index in [1.54, 1.807) is 52.0 Å². The number of hydrogen-bond acceptors (Lipinski definition) is 5. The van der Waals surface area contributed by atoms with Gasteiger partial charge in [0, 0.05) is 0 Å². The van der Waals surface area contributed by atoms with Crippen LogP contribution in [0.2, 0.25) is 0 Å². The van der Waals surface area contributed by atoms with Crippen LogP contribution < -0.4 is 0 Å². The van der Waals surface area contributed by atoms with Crippen molar-refractivity contribution < 1.29 is 23.9 Å².